The Bertz CT molecular complexity index is 1010. The van der Waals surface area contributed by atoms with Crippen LogP contribution in [0.5, 0.6) is 0 Å². The third kappa shape index (κ3) is 6.55. The molecular formula is C30H38IrNO2-. The number of nitrogens with zero attached hydrogens (tertiary/aromatic N) is 1. The van der Waals surface area contributed by atoms with Crippen LogP contribution in [-0.2, 0) is 20.1 Å². The maximum atomic E-state index is 10.6. The van der Waals surface area contributed by atoms with E-state index in [1.54, 1.807) is 0 Å². The first-order valence-corrected chi connectivity index (χ1v) is 12.7. The van der Waals surface area contributed by atoms with Gasteiger partial charge >= 0.3 is 0 Å². The Morgan fingerprint density at radius 3 is 2.35 bits per heavy atom. The van der Waals surface area contributed by atoms with Crippen LogP contribution in [-0.4, -0.2) is 27.4 Å². The summed E-state index contributed by atoms with van der Waals surface area (Å²) in [5.41, 5.74) is 3.03. The van der Waals surface area contributed by atoms with Crippen LogP contribution in [0.25, 0.3) is 22.2 Å². The van der Waals surface area contributed by atoms with Crippen LogP contribution < -0.4 is 0 Å². The predicted octanol–water partition coefficient (Wildman–Crippen LogP) is 6.67. The zero-order valence-corrected chi connectivity index (χ0v) is 22.8. The SMILES string of the molecule is CC(C)C1CCCC2CCCCC(O)C2C1O.[Ir].[c-]1ccccc1-c1ccc2ccccc2n1. The van der Waals surface area contributed by atoms with Gasteiger partial charge in [0.15, 0.2) is 0 Å². The molecule has 5 unspecified atom stereocenters. The molecule has 185 valence electrons. The van der Waals surface area contributed by atoms with Crippen molar-refractivity contribution in [1.82, 2.24) is 4.98 Å². The van der Waals surface area contributed by atoms with Gasteiger partial charge in [-0.1, -0.05) is 63.4 Å². The van der Waals surface area contributed by atoms with Gasteiger partial charge in [0, 0.05) is 26.0 Å². The third-order valence-electron chi connectivity index (χ3n) is 7.70. The van der Waals surface area contributed by atoms with Gasteiger partial charge in [0.25, 0.3) is 0 Å². The maximum absolute atomic E-state index is 10.6. The van der Waals surface area contributed by atoms with E-state index in [2.05, 4.69) is 37.0 Å². The molecule has 1 aromatic heterocycles. The molecule has 2 aromatic carbocycles. The summed E-state index contributed by atoms with van der Waals surface area (Å²) < 4.78 is 0. The number of aliphatic hydroxyl groups is 2. The molecule has 2 saturated carbocycles. The number of hydrogen-bond donors (Lipinski definition) is 2. The van der Waals surface area contributed by atoms with E-state index >= 15 is 0 Å². The largest absolute Gasteiger partial charge is 0.393 e. The van der Waals surface area contributed by atoms with E-state index in [-0.39, 0.29) is 38.2 Å². The van der Waals surface area contributed by atoms with Crippen molar-refractivity contribution in [3.63, 3.8) is 0 Å². The van der Waals surface area contributed by atoms with Gasteiger partial charge in [0.05, 0.1) is 17.7 Å². The van der Waals surface area contributed by atoms with Gasteiger partial charge in [0.1, 0.15) is 0 Å². The topological polar surface area (TPSA) is 53.4 Å². The van der Waals surface area contributed by atoms with E-state index in [9.17, 15) is 10.2 Å². The average Bonchev–Trinajstić information content (AvgIpc) is 3.13. The number of aliphatic hydroxyl groups excluding tert-OH is 2. The zero-order chi connectivity index (χ0) is 23.2. The summed E-state index contributed by atoms with van der Waals surface area (Å²) in [5.74, 6) is 1.62. The van der Waals surface area contributed by atoms with Crippen molar-refractivity contribution in [1.29, 1.82) is 0 Å². The Balaban J connectivity index is 0.000000185. The maximum Gasteiger partial charge on any atom is 0.0626 e. The minimum absolute atomic E-state index is 0. The fourth-order valence-corrected chi connectivity index (χ4v) is 5.87. The van der Waals surface area contributed by atoms with Gasteiger partial charge < -0.3 is 10.2 Å². The Labute approximate surface area is 218 Å². The van der Waals surface area contributed by atoms with Gasteiger partial charge in [-0.25, -0.2) is 0 Å². The standard InChI is InChI=1S/C15H10N.C15H28O2.Ir/c1-2-6-12(7-3-1)15-11-10-13-8-4-5-9-14(13)16-15;1-10(2)12-8-5-7-11-6-3-4-9-13(16)14(11)15(12)17;/h1-6,8-11H;10-17H,3-9H2,1-2H3;/q-1;;. The number of rotatable bonds is 2. The van der Waals surface area contributed by atoms with Crippen molar-refractivity contribution < 1.29 is 30.3 Å². The number of fused-ring (bicyclic) bond motifs is 2. The second-order valence-electron chi connectivity index (χ2n) is 10.2. The van der Waals surface area contributed by atoms with Crippen LogP contribution in [0.4, 0.5) is 0 Å². The molecule has 3 aromatic rings. The first-order chi connectivity index (χ1) is 16.0. The summed E-state index contributed by atoms with van der Waals surface area (Å²) in [6, 6.07) is 23.4. The van der Waals surface area contributed by atoms with Gasteiger partial charge in [-0.3, -0.25) is 4.98 Å². The van der Waals surface area contributed by atoms with Crippen LogP contribution in [0.2, 0.25) is 0 Å². The van der Waals surface area contributed by atoms with Crippen LogP contribution in [0.3, 0.4) is 0 Å². The second-order valence-corrected chi connectivity index (χ2v) is 10.2. The van der Waals surface area contributed by atoms with Gasteiger partial charge in [-0.15, -0.1) is 35.9 Å². The van der Waals surface area contributed by atoms with E-state index in [1.165, 1.54) is 31.1 Å². The average molecular weight is 637 g/mol. The summed E-state index contributed by atoms with van der Waals surface area (Å²) in [6.45, 7) is 4.41. The molecule has 0 amide bonds. The Morgan fingerprint density at radius 2 is 1.59 bits per heavy atom. The van der Waals surface area contributed by atoms with Crippen LogP contribution >= 0.6 is 0 Å². The molecule has 34 heavy (non-hydrogen) atoms. The molecule has 5 rings (SSSR count). The molecule has 5 atom stereocenters. The quantitative estimate of drug-likeness (QED) is 0.309. The van der Waals surface area contributed by atoms with E-state index in [4.69, 9.17) is 0 Å². The molecule has 3 nitrogen and oxygen atoms in total. The minimum Gasteiger partial charge on any atom is -0.393 e. The van der Waals surface area contributed by atoms with Crippen molar-refractivity contribution in [2.75, 3.05) is 0 Å². The molecular weight excluding hydrogens is 599 g/mol. The number of pyridine rings is 1. The van der Waals surface area contributed by atoms with E-state index in [1.807, 2.05) is 48.5 Å². The molecule has 4 heteroatoms. The molecule has 0 saturated heterocycles. The molecule has 0 aliphatic heterocycles. The number of benzene rings is 2. The van der Waals surface area contributed by atoms with Gasteiger partial charge in [-0.2, -0.15) is 0 Å². The molecule has 0 bridgehead atoms. The van der Waals surface area contributed by atoms with Crippen molar-refractivity contribution in [3.8, 4) is 11.3 Å². The molecule has 1 heterocycles. The number of para-hydroxylation sites is 1. The van der Waals surface area contributed by atoms with Gasteiger partial charge in [-0.05, 0) is 60.6 Å². The molecule has 1 radical (unpaired) electrons. The number of aromatic nitrogens is 1. The minimum atomic E-state index is -0.282. The van der Waals surface area contributed by atoms with E-state index in [0.29, 0.717) is 17.8 Å². The van der Waals surface area contributed by atoms with Crippen LogP contribution in [0.1, 0.15) is 58.8 Å². The summed E-state index contributed by atoms with van der Waals surface area (Å²) in [5, 5.41) is 22.1. The van der Waals surface area contributed by atoms with Gasteiger partial charge in [0.2, 0.25) is 0 Å². The molecule has 2 N–H and O–H groups in total. The first-order valence-electron chi connectivity index (χ1n) is 12.7. The van der Waals surface area contributed by atoms with Crippen molar-refractivity contribution in [2.24, 2.45) is 23.7 Å². The van der Waals surface area contributed by atoms with Crippen molar-refractivity contribution in [3.05, 3.63) is 66.7 Å². The zero-order valence-electron chi connectivity index (χ0n) is 20.4. The monoisotopic (exact) mass is 637 g/mol. The fourth-order valence-electron chi connectivity index (χ4n) is 5.87. The summed E-state index contributed by atoms with van der Waals surface area (Å²) in [4.78, 5) is 4.61. The Morgan fingerprint density at radius 1 is 0.853 bits per heavy atom. The normalized spacial score (nSPS) is 26.9. The Kier molecular flexibility index (Phi) is 10.3. The first kappa shape index (κ1) is 27.0. The van der Waals surface area contributed by atoms with Crippen LogP contribution in [0, 0.1) is 29.7 Å². The van der Waals surface area contributed by atoms with Crippen molar-refractivity contribution in [2.45, 2.75) is 71.0 Å². The summed E-state index contributed by atoms with van der Waals surface area (Å²) >= 11 is 0. The van der Waals surface area contributed by atoms with Crippen LogP contribution in [0.15, 0.2) is 60.7 Å². The molecule has 2 aliphatic carbocycles. The second kappa shape index (κ2) is 12.9. The predicted molar refractivity (Wildman–Crippen MR) is 136 cm³/mol. The number of hydrogen-bond acceptors (Lipinski definition) is 3. The third-order valence-corrected chi connectivity index (χ3v) is 7.70. The molecule has 0 spiro atoms. The van der Waals surface area contributed by atoms with E-state index < -0.39 is 0 Å². The molecule has 2 fully saturated rings. The Hall–Kier alpha value is -1.58. The van der Waals surface area contributed by atoms with E-state index in [0.717, 1.165) is 36.0 Å². The summed E-state index contributed by atoms with van der Waals surface area (Å²) in [6.07, 6.45) is 7.50. The fraction of sp³-hybridized carbons (Fsp3) is 0.500. The molecule has 2 aliphatic rings. The smallest absolute Gasteiger partial charge is 0.0626 e. The van der Waals surface area contributed by atoms with Crippen molar-refractivity contribution >= 4 is 10.9 Å². The summed E-state index contributed by atoms with van der Waals surface area (Å²) in [7, 11) is 0.